The molecule has 0 saturated carbocycles. The number of phenolic OH excluding ortho intramolecular Hbond substituents is 1. The molecule has 2 unspecified atom stereocenters. The smallest absolute Gasteiger partial charge is 0.116 e. The van der Waals surface area contributed by atoms with E-state index >= 15 is 0 Å². The number of phenols is 1. The average Bonchev–Trinajstić information content (AvgIpc) is 2.91. The number of nitrogens with zero attached hydrogens (tertiary/aromatic N) is 1. The predicted octanol–water partition coefficient (Wildman–Crippen LogP) is 6.04. The lowest BCUT2D eigenvalue weighted by atomic mass is 9.72. The van der Waals surface area contributed by atoms with E-state index < -0.39 is 0 Å². The fourth-order valence-electron chi connectivity index (χ4n) is 5.81. The summed E-state index contributed by atoms with van der Waals surface area (Å²) in [6.45, 7) is 8.59. The van der Waals surface area contributed by atoms with E-state index in [9.17, 15) is 5.11 Å². The number of likely N-dealkylation sites (N-methyl/N-ethyl adjacent to an activating group) is 1. The summed E-state index contributed by atoms with van der Waals surface area (Å²) in [6, 6.07) is 15.4. The summed E-state index contributed by atoms with van der Waals surface area (Å²) in [5.41, 5.74) is 5.46. The van der Waals surface area contributed by atoms with Crippen LogP contribution in [0.15, 0.2) is 66.5 Å². The molecule has 0 heterocycles. The van der Waals surface area contributed by atoms with Gasteiger partial charge in [-0.25, -0.2) is 0 Å². The fraction of sp³-hybridized carbons (Fsp3) is 0.500. The highest BCUT2D eigenvalue weighted by Gasteiger charge is 2.34. The Kier molecular flexibility index (Phi) is 9.66. The molecule has 2 aliphatic rings. The summed E-state index contributed by atoms with van der Waals surface area (Å²) < 4.78 is 5.66. The van der Waals surface area contributed by atoms with Crippen LogP contribution in [0.4, 0.5) is 0 Å². The molecular weight excluding hydrogens is 444 g/mol. The molecule has 0 saturated heterocycles. The van der Waals surface area contributed by atoms with E-state index in [1.807, 2.05) is 12.1 Å². The molecule has 2 aromatic carbocycles. The molecule has 0 aliphatic heterocycles. The number of nitrogens with one attached hydrogen (secondary N) is 1. The molecule has 4 nitrogen and oxygen atoms in total. The van der Waals surface area contributed by atoms with Gasteiger partial charge in [0, 0.05) is 12.6 Å². The zero-order valence-electron chi connectivity index (χ0n) is 22.4. The lowest BCUT2D eigenvalue weighted by Crippen LogP contribution is -2.43. The molecule has 2 aromatic rings. The maximum absolute atomic E-state index is 9.89. The van der Waals surface area contributed by atoms with Gasteiger partial charge in [0.05, 0.1) is 7.11 Å². The summed E-state index contributed by atoms with van der Waals surface area (Å²) in [5, 5.41) is 13.4. The molecule has 4 heteroatoms. The summed E-state index contributed by atoms with van der Waals surface area (Å²) in [5.74, 6) is 2.36. The Morgan fingerprint density at radius 1 is 1.03 bits per heavy atom. The second-order valence-electron chi connectivity index (χ2n) is 10.4. The Labute approximate surface area is 218 Å². The summed E-state index contributed by atoms with van der Waals surface area (Å²) in [7, 11) is 1.77. The number of hydrogen-bond donors (Lipinski definition) is 2. The lowest BCUT2D eigenvalue weighted by Gasteiger charge is -2.41. The van der Waals surface area contributed by atoms with E-state index in [0.717, 1.165) is 57.6 Å². The van der Waals surface area contributed by atoms with E-state index in [4.69, 9.17) is 4.74 Å². The van der Waals surface area contributed by atoms with Gasteiger partial charge in [-0.05, 0) is 110 Å². The van der Waals surface area contributed by atoms with Crippen molar-refractivity contribution in [2.24, 2.45) is 11.8 Å². The third-order valence-electron chi connectivity index (χ3n) is 7.98. The Balaban J connectivity index is 1.43. The normalized spacial score (nSPS) is 21.3. The second-order valence-corrected chi connectivity index (χ2v) is 10.4. The quantitative estimate of drug-likeness (QED) is 0.358. The van der Waals surface area contributed by atoms with Crippen molar-refractivity contribution >= 4 is 0 Å². The van der Waals surface area contributed by atoms with Crippen LogP contribution in [0.2, 0.25) is 0 Å². The minimum atomic E-state index is 0.307. The Morgan fingerprint density at radius 3 is 2.58 bits per heavy atom. The van der Waals surface area contributed by atoms with Crippen LogP contribution in [0.3, 0.4) is 0 Å². The molecule has 3 atom stereocenters. The summed E-state index contributed by atoms with van der Waals surface area (Å²) >= 11 is 0. The SMILES string of the molecule is CCCCNCCc1ccc(CN(CC)C2C=C(OC)C=CC2[C@@H]2CCc3cc(O)ccc3C2)cc1. The van der Waals surface area contributed by atoms with Crippen LogP contribution in [0.1, 0.15) is 55.4 Å². The molecule has 0 amide bonds. The molecule has 0 aromatic heterocycles. The predicted molar refractivity (Wildman–Crippen MR) is 149 cm³/mol. The summed E-state index contributed by atoms with van der Waals surface area (Å²) in [4.78, 5) is 2.60. The molecule has 0 fully saturated rings. The van der Waals surface area contributed by atoms with Crippen molar-refractivity contribution in [2.75, 3.05) is 26.7 Å². The topological polar surface area (TPSA) is 44.7 Å². The van der Waals surface area contributed by atoms with Crippen molar-refractivity contribution in [3.63, 3.8) is 0 Å². The molecule has 2 aliphatic carbocycles. The van der Waals surface area contributed by atoms with Crippen LogP contribution >= 0.6 is 0 Å². The van der Waals surface area contributed by atoms with Crippen LogP contribution in [-0.4, -0.2) is 42.8 Å². The first kappa shape index (κ1) is 26.5. The van der Waals surface area contributed by atoms with E-state index in [-0.39, 0.29) is 0 Å². The van der Waals surface area contributed by atoms with Crippen molar-refractivity contribution in [1.29, 1.82) is 0 Å². The Morgan fingerprint density at radius 2 is 1.83 bits per heavy atom. The summed E-state index contributed by atoms with van der Waals surface area (Å²) in [6.07, 6.45) is 13.7. The van der Waals surface area contributed by atoms with Gasteiger partial charge in [-0.1, -0.05) is 56.7 Å². The molecular formula is C32H44N2O2. The number of benzene rings is 2. The first-order valence-electron chi connectivity index (χ1n) is 13.9. The highest BCUT2D eigenvalue weighted by atomic mass is 16.5. The molecule has 0 radical (unpaired) electrons. The number of aryl methyl sites for hydroxylation is 1. The highest BCUT2D eigenvalue weighted by Crippen LogP contribution is 2.38. The van der Waals surface area contributed by atoms with Gasteiger partial charge in [-0.15, -0.1) is 0 Å². The van der Waals surface area contributed by atoms with E-state index in [1.54, 1.807) is 7.11 Å². The van der Waals surface area contributed by atoms with Crippen LogP contribution in [0.25, 0.3) is 0 Å². The number of aromatic hydroxyl groups is 1. The zero-order chi connectivity index (χ0) is 25.3. The van der Waals surface area contributed by atoms with E-state index in [0.29, 0.717) is 23.6 Å². The molecule has 4 rings (SSSR count). The molecule has 2 N–H and O–H groups in total. The minimum Gasteiger partial charge on any atom is -0.508 e. The number of unbranched alkanes of at least 4 members (excludes halogenated alkanes) is 1. The van der Waals surface area contributed by atoms with Crippen molar-refractivity contribution in [3.05, 3.63) is 88.7 Å². The minimum absolute atomic E-state index is 0.307. The molecule has 194 valence electrons. The first-order valence-corrected chi connectivity index (χ1v) is 13.9. The van der Waals surface area contributed by atoms with Crippen molar-refractivity contribution in [1.82, 2.24) is 10.2 Å². The third kappa shape index (κ3) is 6.80. The Bertz CT molecular complexity index is 1030. The first-order chi connectivity index (χ1) is 17.6. The van der Waals surface area contributed by atoms with Crippen LogP contribution in [0, 0.1) is 11.8 Å². The van der Waals surface area contributed by atoms with Gasteiger partial charge in [0.15, 0.2) is 0 Å². The van der Waals surface area contributed by atoms with Crippen molar-refractivity contribution in [2.45, 2.75) is 65.0 Å². The highest BCUT2D eigenvalue weighted by molar-refractivity contribution is 5.37. The maximum Gasteiger partial charge on any atom is 0.116 e. The number of fused-ring (bicyclic) bond motifs is 1. The van der Waals surface area contributed by atoms with Crippen LogP contribution in [0.5, 0.6) is 5.75 Å². The van der Waals surface area contributed by atoms with Gasteiger partial charge < -0.3 is 15.2 Å². The number of methoxy groups -OCH3 is 1. The van der Waals surface area contributed by atoms with Gasteiger partial charge in [-0.3, -0.25) is 4.90 Å². The van der Waals surface area contributed by atoms with Crippen LogP contribution in [-0.2, 0) is 30.5 Å². The van der Waals surface area contributed by atoms with Gasteiger partial charge >= 0.3 is 0 Å². The van der Waals surface area contributed by atoms with Gasteiger partial charge in [0.25, 0.3) is 0 Å². The van der Waals surface area contributed by atoms with Crippen LogP contribution < -0.4 is 5.32 Å². The monoisotopic (exact) mass is 488 g/mol. The molecule has 0 spiro atoms. The lowest BCUT2D eigenvalue weighted by molar-refractivity contribution is 0.147. The zero-order valence-corrected chi connectivity index (χ0v) is 22.4. The third-order valence-corrected chi connectivity index (χ3v) is 7.98. The number of allylic oxidation sites excluding steroid dienone is 1. The second kappa shape index (κ2) is 13.1. The standard InChI is InChI=1S/C32H44N2O2/c1-4-6-18-33-19-17-24-7-9-25(10-8-24)23-34(5-2)32-22-30(36-3)15-16-31(32)28-12-11-27-21-29(35)14-13-26(27)20-28/h7-10,13-16,21-22,28,31-33,35H,4-6,11-12,17-20,23H2,1-3H3/t28-,31?,32?/m1/s1. The van der Waals surface area contributed by atoms with Crippen molar-refractivity contribution in [3.8, 4) is 5.75 Å². The largest absolute Gasteiger partial charge is 0.508 e. The van der Waals surface area contributed by atoms with Gasteiger partial charge in [0.1, 0.15) is 11.5 Å². The van der Waals surface area contributed by atoms with Gasteiger partial charge in [0.2, 0.25) is 0 Å². The van der Waals surface area contributed by atoms with Crippen molar-refractivity contribution < 1.29 is 9.84 Å². The fourth-order valence-corrected chi connectivity index (χ4v) is 5.81. The number of rotatable bonds is 12. The van der Waals surface area contributed by atoms with E-state index in [2.05, 4.69) is 72.6 Å². The molecule has 0 bridgehead atoms. The maximum atomic E-state index is 9.89. The van der Waals surface area contributed by atoms with Gasteiger partial charge in [-0.2, -0.15) is 0 Å². The number of ether oxygens (including phenoxy) is 1. The Hall–Kier alpha value is -2.56. The van der Waals surface area contributed by atoms with E-state index in [1.165, 1.54) is 35.1 Å². The average molecular weight is 489 g/mol. The molecule has 36 heavy (non-hydrogen) atoms. The number of hydrogen-bond acceptors (Lipinski definition) is 4.